The molecule has 0 aliphatic rings. The van der Waals surface area contributed by atoms with E-state index in [1.807, 2.05) is 32.0 Å². The van der Waals surface area contributed by atoms with Crippen LogP contribution in [0.4, 0.5) is 0 Å². The molecule has 0 radical (unpaired) electrons. The predicted octanol–water partition coefficient (Wildman–Crippen LogP) is 2.62. The second-order valence-electron chi connectivity index (χ2n) is 5.03. The highest BCUT2D eigenvalue weighted by molar-refractivity contribution is 5.95. The molecular formula is C16H20N4O. The molecule has 0 bridgehead atoms. The molecule has 1 atom stereocenters. The molecule has 1 N–H and O–H groups in total. The molecule has 0 aromatic carbocycles. The van der Waals surface area contributed by atoms with Gasteiger partial charge < -0.3 is 5.32 Å². The molecular weight excluding hydrogens is 264 g/mol. The first-order chi connectivity index (χ1) is 10.1. The zero-order valence-electron chi connectivity index (χ0n) is 12.6. The van der Waals surface area contributed by atoms with Crippen molar-refractivity contribution in [3.8, 4) is 0 Å². The topological polar surface area (TPSA) is 67.8 Å². The smallest absolute Gasteiger partial charge is 0.255 e. The predicted molar refractivity (Wildman–Crippen MR) is 80.9 cm³/mol. The van der Waals surface area contributed by atoms with Crippen molar-refractivity contribution in [3.05, 3.63) is 53.4 Å². The van der Waals surface area contributed by atoms with E-state index in [0.29, 0.717) is 5.56 Å². The fourth-order valence-electron chi connectivity index (χ4n) is 2.13. The van der Waals surface area contributed by atoms with E-state index in [1.165, 1.54) is 6.33 Å². The zero-order chi connectivity index (χ0) is 15.2. The summed E-state index contributed by atoms with van der Waals surface area (Å²) in [6.07, 6.45) is 4.76. The number of nitrogens with zero attached hydrogens (tertiary/aromatic N) is 3. The summed E-state index contributed by atoms with van der Waals surface area (Å²) in [5.41, 5.74) is 3.11. The van der Waals surface area contributed by atoms with Crippen LogP contribution in [-0.4, -0.2) is 20.9 Å². The fraction of sp³-hybridized carbons (Fsp3) is 0.375. The van der Waals surface area contributed by atoms with Crippen LogP contribution in [0.5, 0.6) is 0 Å². The van der Waals surface area contributed by atoms with Gasteiger partial charge in [0.1, 0.15) is 6.33 Å². The second-order valence-corrected chi connectivity index (χ2v) is 5.03. The van der Waals surface area contributed by atoms with Gasteiger partial charge in [-0.25, -0.2) is 9.97 Å². The molecule has 0 saturated heterocycles. The van der Waals surface area contributed by atoms with Crippen molar-refractivity contribution in [2.24, 2.45) is 0 Å². The molecule has 0 aliphatic carbocycles. The molecule has 2 rings (SSSR count). The van der Waals surface area contributed by atoms with Crippen LogP contribution in [0, 0.1) is 6.92 Å². The highest BCUT2D eigenvalue weighted by atomic mass is 16.1. The van der Waals surface area contributed by atoms with Crippen LogP contribution in [0.3, 0.4) is 0 Å². The van der Waals surface area contributed by atoms with Gasteiger partial charge in [0.25, 0.3) is 5.91 Å². The zero-order valence-corrected chi connectivity index (χ0v) is 12.6. The number of amides is 1. The van der Waals surface area contributed by atoms with E-state index in [-0.39, 0.29) is 11.9 Å². The van der Waals surface area contributed by atoms with Gasteiger partial charge in [-0.05, 0) is 32.4 Å². The monoisotopic (exact) mass is 284 g/mol. The molecule has 2 aromatic heterocycles. The summed E-state index contributed by atoms with van der Waals surface area (Å²) in [6.45, 7) is 5.91. The van der Waals surface area contributed by atoms with Crippen molar-refractivity contribution < 1.29 is 4.79 Å². The van der Waals surface area contributed by atoms with Gasteiger partial charge in [-0.15, -0.1) is 0 Å². The third-order valence-corrected chi connectivity index (χ3v) is 3.23. The summed E-state index contributed by atoms with van der Waals surface area (Å²) in [6, 6.07) is 5.62. The van der Waals surface area contributed by atoms with E-state index >= 15 is 0 Å². The van der Waals surface area contributed by atoms with Crippen LogP contribution in [0.25, 0.3) is 0 Å². The van der Waals surface area contributed by atoms with Crippen LogP contribution >= 0.6 is 0 Å². The quantitative estimate of drug-likeness (QED) is 0.916. The molecule has 2 heterocycles. The molecule has 1 amide bonds. The SMILES string of the molecule is CCCc1ncncc1C(=O)NC(C)c1cccc(C)n1. The molecule has 1 unspecified atom stereocenters. The highest BCUT2D eigenvalue weighted by Crippen LogP contribution is 2.12. The van der Waals surface area contributed by atoms with E-state index in [9.17, 15) is 4.79 Å². The van der Waals surface area contributed by atoms with Crippen molar-refractivity contribution in [1.29, 1.82) is 0 Å². The number of carbonyl (C=O) groups excluding carboxylic acids is 1. The van der Waals surface area contributed by atoms with Gasteiger partial charge >= 0.3 is 0 Å². The molecule has 0 spiro atoms. The first-order valence-electron chi connectivity index (χ1n) is 7.15. The normalized spacial score (nSPS) is 12.0. The Labute approximate surface area is 124 Å². The fourth-order valence-corrected chi connectivity index (χ4v) is 2.13. The Hall–Kier alpha value is -2.30. The van der Waals surface area contributed by atoms with Gasteiger partial charge in [0.2, 0.25) is 0 Å². The number of hydrogen-bond acceptors (Lipinski definition) is 4. The van der Waals surface area contributed by atoms with Crippen molar-refractivity contribution >= 4 is 5.91 Å². The maximum Gasteiger partial charge on any atom is 0.255 e. The Kier molecular flexibility index (Phi) is 4.98. The van der Waals surface area contributed by atoms with Crippen molar-refractivity contribution in [2.45, 2.75) is 39.7 Å². The molecule has 5 nitrogen and oxygen atoms in total. The summed E-state index contributed by atoms with van der Waals surface area (Å²) in [7, 11) is 0. The maximum atomic E-state index is 12.4. The van der Waals surface area contributed by atoms with Crippen LogP contribution in [0.2, 0.25) is 0 Å². The van der Waals surface area contributed by atoms with Gasteiger partial charge in [0.15, 0.2) is 0 Å². The van der Waals surface area contributed by atoms with E-state index in [0.717, 1.165) is 29.9 Å². The van der Waals surface area contributed by atoms with Gasteiger partial charge in [0, 0.05) is 11.9 Å². The number of aryl methyl sites for hydroxylation is 2. The summed E-state index contributed by atoms with van der Waals surface area (Å²) in [5, 5.41) is 2.96. The maximum absolute atomic E-state index is 12.4. The Morgan fingerprint density at radius 2 is 2.19 bits per heavy atom. The van der Waals surface area contributed by atoms with Crippen molar-refractivity contribution in [1.82, 2.24) is 20.3 Å². The van der Waals surface area contributed by atoms with Gasteiger partial charge in [0.05, 0.1) is 23.0 Å². The minimum atomic E-state index is -0.160. The molecule has 110 valence electrons. The minimum absolute atomic E-state index is 0.158. The number of pyridine rings is 1. The largest absolute Gasteiger partial charge is 0.344 e. The van der Waals surface area contributed by atoms with Gasteiger partial charge in [-0.2, -0.15) is 0 Å². The summed E-state index contributed by atoms with van der Waals surface area (Å²) in [4.78, 5) is 25.0. The van der Waals surface area contributed by atoms with Gasteiger partial charge in [-0.3, -0.25) is 9.78 Å². The molecule has 2 aromatic rings. The summed E-state index contributed by atoms with van der Waals surface area (Å²) >= 11 is 0. The summed E-state index contributed by atoms with van der Waals surface area (Å²) in [5.74, 6) is -0.158. The molecule has 0 aliphatic heterocycles. The number of nitrogens with one attached hydrogen (secondary N) is 1. The van der Waals surface area contributed by atoms with E-state index in [2.05, 4.69) is 27.2 Å². The van der Waals surface area contributed by atoms with E-state index in [4.69, 9.17) is 0 Å². The number of aromatic nitrogens is 3. The van der Waals surface area contributed by atoms with Gasteiger partial charge in [-0.1, -0.05) is 19.4 Å². The molecule has 0 fully saturated rings. The Morgan fingerprint density at radius 1 is 1.38 bits per heavy atom. The third-order valence-electron chi connectivity index (χ3n) is 3.23. The Morgan fingerprint density at radius 3 is 2.90 bits per heavy atom. The van der Waals surface area contributed by atoms with Crippen molar-refractivity contribution in [2.75, 3.05) is 0 Å². The number of carbonyl (C=O) groups is 1. The lowest BCUT2D eigenvalue weighted by molar-refractivity contribution is 0.0937. The molecule has 21 heavy (non-hydrogen) atoms. The summed E-state index contributed by atoms with van der Waals surface area (Å²) < 4.78 is 0. The average molecular weight is 284 g/mol. The molecule has 0 saturated carbocycles. The molecule has 5 heteroatoms. The lowest BCUT2D eigenvalue weighted by Gasteiger charge is -2.15. The van der Waals surface area contributed by atoms with E-state index < -0.39 is 0 Å². The van der Waals surface area contributed by atoms with Crippen LogP contribution < -0.4 is 5.32 Å². The Bertz CT molecular complexity index is 627. The highest BCUT2D eigenvalue weighted by Gasteiger charge is 2.16. The first-order valence-corrected chi connectivity index (χ1v) is 7.15. The standard InChI is InChI=1S/C16H20N4O/c1-4-6-15-13(9-17-10-18-15)16(21)20-12(3)14-8-5-7-11(2)19-14/h5,7-10,12H,4,6H2,1-3H3,(H,20,21). The first kappa shape index (κ1) is 15.1. The van der Waals surface area contributed by atoms with Crippen molar-refractivity contribution in [3.63, 3.8) is 0 Å². The number of hydrogen-bond donors (Lipinski definition) is 1. The second kappa shape index (κ2) is 6.92. The average Bonchev–Trinajstić information content (AvgIpc) is 2.48. The lowest BCUT2D eigenvalue weighted by atomic mass is 10.1. The lowest BCUT2D eigenvalue weighted by Crippen LogP contribution is -2.28. The van der Waals surface area contributed by atoms with Crippen LogP contribution in [-0.2, 0) is 6.42 Å². The van der Waals surface area contributed by atoms with Crippen LogP contribution in [0.15, 0.2) is 30.7 Å². The third kappa shape index (κ3) is 3.84. The van der Waals surface area contributed by atoms with E-state index in [1.54, 1.807) is 6.20 Å². The minimum Gasteiger partial charge on any atom is -0.344 e. The van der Waals surface area contributed by atoms with Crippen LogP contribution in [0.1, 0.15) is 53.7 Å². The number of rotatable bonds is 5. The Balaban J connectivity index is 2.14.